The quantitative estimate of drug-likeness (QED) is 0.680. The van der Waals surface area contributed by atoms with Crippen molar-refractivity contribution in [3.8, 4) is 6.07 Å². The van der Waals surface area contributed by atoms with Gasteiger partial charge in [-0.15, -0.1) is 0 Å². The molecular formula is C14H15N. The van der Waals surface area contributed by atoms with Crippen LogP contribution in [-0.4, -0.2) is 0 Å². The highest BCUT2D eigenvalue weighted by molar-refractivity contribution is 5.21. The van der Waals surface area contributed by atoms with Gasteiger partial charge in [0.1, 0.15) is 0 Å². The average molecular weight is 197 g/mol. The van der Waals surface area contributed by atoms with Crippen LogP contribution in [0.15, 0.2) is 42.0 Å². The molecule has 1 aromatic rings. The van der Waals surface area contributed by atoms with E-state index < -0.39 is 0 Å². The van der Waals surface area contributed by atoms with Crippen molar-refractivity contribution >= 4 is 0 Å². The van der Waals surface area contributed by atoms with Crippen molar-refractivity contribution in [3.63, 3.8) is 0 Å². The van der Waals surface area contributed by atoms with Gasteiger partial charge in [-0.05, 0) is 37.2 Å². The first-order valence-electron chi connectivity index (χ1n) is 5.50. The topological polar surface area (TPSA) is 23.8 Å². The van der Waals surface area contributed by atoms with Gasteiger partial charge in [0.15, 0.2) is 0 Å². The summed E-state index contributed by atoms with van der Waals surface area (Å²) in [7, 11) is 0. The van der Waals surface area contributed by atoms with Gasteiger partial charge in [0, 0.05) is 6.08 Å². The molecule has 1 saturated carbocycles. The molecule has 0 saturated heterocycles. The van der Waals surface area contributed by atoms with Crippen molar-refractivity contribution in [3.05, 3.63) is 47.5 Å². The van der Waals surface area contributed by atoms with Gasteiger partial charge in [0.2, 0.25) is 0 Å². The van der Waals surface area contributed by atoms with Gasteiger partial charge in [-0.2, -0.15) is 5.26 Å². The molecule has 1 aliphatic carbocycles. The largest absolute Gasteiger partial charge is 0.193 e. The van der Waals surface area contributed by atoms with E-state index in [-0.39, 0.29) is 0 Å². The Labute approximate surface area is 91.0 Å². The normalized spacial score (nSPS) is 19.1. The Hall–Kier alpha value is -1.55. The maximum Gasteiger partial charge on any atom is 0.0911 e. The fourth-order valence-corrected chi connectivity index (χ4v) is 2.11. The van der Waals surface area contributed by atoms with Crippen molar-refractivity contribution in [2.75, 3.05) is 0 Å². The molecule has 1 fully saturated rings. The van der Waals surface area contributed by atoms with Crippen LogP contribution in [0.4, 0.5) is 0 Å². The first kappa shape index (κ1) is 9.98. The van der Waals surface area contributed by atoms with E-state index >= 15 is 0 Å². The van der Waals surface area contributed by atoms with Crippen LogP contribution in [0.2, 0.25) is 0 Å². The third kappa shape index (κ3) is 2.70. The molecule has 15 heavy (non-hydrogen) atoms. The zero-order valence-electron chi connectivity index (χ0n) is 8.82. The highest BCUT2D eigenvalue weighted by Crippen LogP contribution is 2.35. The molecule has 0 heterocycles. The van der Waals surface area contributed by atoms with E-state index in [1.54, 1.807) is 6.08 Å². The van der Waals surface area contributed by atoms with Crippen molar-refractivity contribution in [2.45, 2.75) is 25.7 Å². The molecule has 0 spiro atoms. The standard InChI is InChI=1S/C14H15N/c15-9-8-14-10-13(11-14)7-6-12-4-2-1-3-5-12/h1-5,8,13H,6-7,10-11H2. The minimum Gasteiger partial charge on any atom is -0.193 e. The van der Waals surface area contributed by atoms with Crippen molar-refractivity contribution < 1.29 is 0 Å². The maximum absolute atomic E-state index is 8.47. The first-order valence-corrected chi connectivity index (χ1v) is 5.50. The number of nitriles is 1. The molecular weight excluding hydrogens is 182 g/mol. The summed E-state index contributed by atoms with van der Waals surface area (Å²) in [5.74, 6) is 0.810. The average Bonchev–Trinajstić information content (AvgIpc) is 2.23. The lowest BCUT2D eigenvalue weighted by Gasteiger charge is -2.28. The molecule has 0 atom stereocenters. The molecule has 1 heteroatoms. The van der Waals surface area contributed by atoms with Crippen molar-refractivity contribution in [1.82, 2.24) is 0 Å². The van der Waals surface area contributed by atoms with E-state index in [2.05, 4.69) is 36.4 Å². The third-order valence-corrected chi connectivity index (χ3v) is 3.05. The summed E-state index contributed by atoms with van der Waals surface area (Å²) >= 11 is 0. The summed E-state index contributed by atoms with van der Waals surface area (Å²) in [6.07, 6.45) is 6.41. The van der Waals surface area contributed by atoms with Gasteiger partial charge in [-0.1, -0.05) is 35.9 Å². The van der Waals surface area contributed by atoms with E-state index in [1.165, 1.54) is 24.0 Å². The Bertz CT molecular complexity index is 376. The molecule has 1 nitrogen and oxygen atoms in total. The minimum absolute atomic E-state index is 0.810. The lowest BCUT2D eigenvalue weighted by molar-refractivity contribution is 0.389. The highest BCUT2D eigenvalue weighted by Gasteiger charge is 2.22. The lowest BCUT2D eigenvalue weighted by Crippen LogP contribution is -2.15. The molecule has 2 rings (SSSR count). The Morgan fingerprint density at radius 2 is 2.00 bits per heavy atom. The lowest BCUT2D eigenvalue weighted by atomic mass is 9.77. The number of nitrogens with zero attached hydrogens (tertiary/aromatic N) is 1. The van der Waals surface area contributed by atoms with Gasteiger partial charge in [0.05, 0.1) is 6.07 Å². The zero-order chi connectivity index (χ0) is 10.5. The molecule has 0 radical (unpaired) electrons. The Morgan fingerprint density at radius 1 is 1.27 bits per heavy atom. The molecule has 0 bridgehead atoms. The van der Waals surface area contributed by atoms with Gasteiger partial charge in [-0.3, -0.25) is 0 Å². The Balaban J connectivity index is 1.74. The number of hydrogen-bond acceptors (Lipinski definition) is 1. The van der Waals surface area contributed by atoms with Crippen molar-refractivity contribution in [2.24, 2.45) is 5.92 Å². The smallest absolute Gasteiger partial charge is 0.0911 e. The fraction of sp³-hybridized carbons (Fsp3) is 0.357. The molecule has 76 valence electrons. The predicted octanol–water partition coefficient (Wildman–Crippen LogP) is 3.48. The Kier molecular flexibility index (Phi) is 3.19. The second-order valence-corrected chi connectivity index (χ2v) is 4.23. The summed E-state index contributed by atoms with van der Waals surface area (Å²) < 4.78 is 0. The number of benzene rings is 1. The monoisotopic (exact) mass is 197 g/mol. The number of allylic oxidation sites excluding steroid dienone is 2. The van der Waals surface area contributed by atoms with Crippen LogP contribution in [0.1, 0.15) is 24.8 Å². The summed E-state index contributed by atoms with van der Waals surface area (Å²) in [6.45, 7) is 0. The molecule has 0 N–H and O–H groups in total. The van der Waals surface area contributed by atoms with E-state index in [9.17, 15) is 0 Å². The van der Waals surface area contributed by atoms with Crippen LogP contribution in [-0.2, 0) is 6.42 Å². The van der Waals surface area contributed by atoms with Crippen LogP contribution < -0.4 is 0 Å². The SMILES string of the molecule is N#CC=C1CC(CCc2ccccc2)C1. The molecule has 1 aliphatic rings. The number of hydrogen-bond donors (Lipinski definition) is 0. The van der Waals surface area contributed by atoms with E-state index in [1.807, 2.05) is 0 Å². The van der Waals surface area contributed by atoms with Crippen molar-refractivity contribution in [1.29, 1.82) is 5.26 Å². The van der Waals surface area contributed by atoms with Gasteiger partial charge in [-0.25, -0.2) is 0 Å². The highest BCUT2D eigenvalue weighted by atomic mass is 14.3. The van der Waals surface area contributed by atoms with Gasteiger partial charge in [0.25, 0.3) is 0 Å². The van der Waals surface area contributed by atoms with E-state index in [0.29, 0.717) is 0 Å². The number of aryl methyl sites for hydroxylation is 1. The van der Waals surface area contributed by atoms with Crippen LogP contribution in [0.3, 0.4) is 0 Å². The first-order chi connectivity index (χ1) is 7.38. The zero-order valence-corrected chi connectivity index (χ0v) is 8.82. The summed E-state index contributed by atoms with van der Waals surface area (Å²) in [6, 6.07) is 12.7. The van der Waals surface area contributed by atoms with E-state index in [0.717, 1.165) is 18.8 Å². The minimum atomic E-state index is 0.810. The predicted molar refractivity (Wildman–Crippen MR) is 61.2 cm³/mol. The second-order valence-electron chi connectivity index (χ2n) is 4.23. The molecule has 0 aromatic heterocycles. The van der Waals surface area contributed by atoms with Crippen LogP contribution in [0.25, 0.3) is 0 Å². The molecule has 0 unspecified atom stereocenters. The Morgan fingerprint density at radius 3 is 2.67 bits per heavy atom. The third-order valence-electron chi connectivity index (χ3n) is 3.05. The van der Waals surface area contributed by atoms with Gasteiger partial charge < -0.3 is 0 Å². The summed E-state index contributed by atoms with van der Waals surface area (Å²) in [5, 5.41) is 8.47. The van der Waals surface area contributed by atoms with Crippen LogP contribution in [0.5, 0.6) is 0 Å². The second kappa shape index (κ2) is 4.79. The summed E-state index contributed by atoms with van der Waals surface area (Å²) in [5.41, 5.74) is 2.76. The molecule has 0 amide bonds. The van der Waals surface area contributed by atoms with E-state index in [4.69, 9.17) is 5.26 Å². The molecule has 0 aliphatic heterocycles. The summed E-state index contributed by atoms with van der Waals surface area (Å²) in [4.78, 5) is 0. The maximum atomic E-state index is 8.47. The molecule has 1 aromatic carbocycles. The van der Waals surface area contributed by atoms with Gasteiger partial charge >= 0.3 is 0 Å². The van der Waals surface area contributed by atoms with Crippen LogP contribution in [0, 0.1) is 17.2 Å². The van der Waals surface area contributed by atoms with Crippen LogP contribution >= 0.6 is 0 Å². The fourth-order valence-electron chi connectivity index (χ4n) is 2.11. The number of rotatable bonds is 3.